The van der Waals surface area contributed by atoms with Crippen LogP contribution in [-0.2, 0) is 0 Å². The molecule has 2 atom stereocenters. The molecule has 0 bridgehead atoms. The van der Waals surface area contributed by atoms with Gasteiger partial charge in [-0.1, -0.05) is 38.1 Å². The van der Waals surface area contributed by atoms with Gasteiger partial charge in [0, 0.05) is 0 Å². The van der Waals surface area contributed by atoms with Gasteiger partial charge in [0.05, 0.1) is 14.2 Å². The molecule has 0 amide bonds. The molecule has 20 heavy (non-hydrogen) atoms. The SMILES string of the molecule is COc1ccc([C@H](C)[C@@H](C)c2ccc(OC)cc2)cc1. The average molecular weight is 270 g/mol. The molecule has 2 rings (SSSR count). The summed E-state index contributed by atoms with van der Waals surface area (Å²) in [6, 6.07) is 16.7. The molecular formula is C18H22O2. The van der Waals surface area contributed by atoms with Crippen LogP contribution in [0.2, 0.25) is 0 Å². The van der Waals surface area contributed by atoms with Crippen molar-refractivity contribution in [3.63, 3.8) is 0 Å². The zero-order valence-corrected chi connectivity index (χ0v) is 12.6. The maximum Gasteiger partial charge on any atom is 0.118 e. The van der Waals surface area contributed by atoms with Gasteiger partial charge in [0.15, 0.2) is 0 Å². The van der Waals surface area contributed by atoms with E-state index in [0.29, 0.717) is 11.8 Å². The van der Waals surface area contributed by atoms with Gasteiger partial charge in [-0.3, -0.25) is 0 Å². The van der Waals surface area contributed by atoms with Crippen molar-refractivity contribution in [1.29, 1.82) is 0 Å². The number of rotatable bonds is 5. The fourth-order valence-electron chi connectivity index (χ4n) is 2.39. The Kier molecular flexibility index (Phi) is 4.67. The summed E-state index contributed by atoms with van der Waals surface area (Å²) in [4.78, 5) is 0. The van der Waals surface area contributed by atoms with Gasteiger partial charge in [-0.15, -0.1) is 0 Å². The van der Waals surface area contributed by atoms with E-state index in [1.54, 1.807) is 14.2 Å². The molecule has 0 aliphatic carbocycles. The van der Waals surface area contributed by atoms with E-state index in [0.717, 1.165) is 11.5 Å². The first-order valence-corrected chi connectivity index (χ1v) is 6.93. The monoisotopic (exact) mass is 270 g/mol. The molecule has 0 saturated heterocycles. The molecule has 0 saturated carbocycles. The van der Waals surface area contributed by atoms with Crippen molar-refractivity contribution in [2.45, 2.75) is 25.7 Å². The molecule has 0 fully saturated rings. The summed E-state index contributed by atoms with van der Waals surface area (Å²) in [6.07, 6.45) is 0. The number of methoxy groups -OCH3 is 2. The topological polar surface area (TPSA) is 18.5 Å². The first-order chi connectivity index (χ1) is 9.65. The van der Waals surface area contributed by atoms with E-state index in [1.807, 2.05) is 24.3 Å². The summed E-state index contributed by atoms with van der Waals surface area (Å²) in [5, 5.41) is 0. The van der Waals surface area contributed by atoms with Gasteiger partial charge >= 0.3 is 0 Å². The Morgan fingerprint density at radius 1 is 0.600 bits per heavy atom. The summed E-state index contributed by atoms with van der Waals surface area (Å²) in [7, 11) is 3.39. The van der Waals surface area contributed by atoms with Gasteiger partial charge in [-0.05, 0) is 47.2 Å². The van der Waals surface area contributed by atoms with E-state index in [-0.39, 0.29) is 0 Å². The largest absolute Gasteiger partial charge is 0.497 e. The first kappa shape index (κ1) is 14.4. The second kappa shape index (κ2) is 6.47. The highest BCUT2D eigenvalue weighted by Gasteiger charge is 2.16. The predicted molar refractivity (Wildman–Crippen MR) is 82.8 cm³/mol. The Balaban J connectivity index is 2.15. The van der Waals surface area contributed by atoms with Crippen molar-refractivity contribution in [3.8, 4) is 11.5 Å². The molecule has 2 heteroatoms. The van der Waals surface area contributed by atoms with E-state index in [2.05, 4.69) is 38.1 Å². The lowest BCUT2D eigenvalue weighted by Crippen LogP contribution is -2.04. The number of ether oxygens (including phenoxy) is 2. The Morgan fingerprint density at radius 3 is 1.15 bits per heavy atom. The van der Waals surface area contributed by atoms with Crippen LogP contribution >= 0.6 is 0 Å². The van der Waals surface area contributed by atoms with E-state index in [4.69, 9.17) is 9.47 Å². The van der Waals surface area contributed by atoms with Crippen LogP contribution in [0.1, 0.15) is 36.8 Å². The standard InChI is InChI=1S/C18H22O2/c1-13(15-5-9-17(19-3)10-6-15)14(2)16-7-11-18(20-4)12-8-16/h5-14H,1-4H3/t13-,14-/m1/s1. The fourth-order valence-corrected chi connectivity index (χ4v) is 2.39. The van der Waals surface area contributed by atoms with Crippen LogP contribution in [0.25, 0.3) is 0 Å². The van der Waals surface area contributed by atoms with E-state index < -0.39 is 0 Å². The quantitative estimate of drug-likeness (QED) is 0.789. The van der Waals surface area contributed by atoms with Crippen molar-refractivity contribution in [2.24, 2.45) is 0 Å². The van der Waals surface area contributed by atoms with Crippen LogP contribution in [-0.4, -0.2) is 14.2 Å². The summed E-state index contributed by atoms with van der Waals surface area (Å²) in [5.74, 6) is 2.71. The smallest absolute Gasteiger partial charge is 0.118 e. The Labute approximate surface area is 121 Å². The Morgan fingerprint density at radius 2 is 0.900 bits per heavy atom. The van der Waals surface area contributed by atoms with Crippen molar-refractivity contribution in [2.75, 3.05) is 14.2 Å². The van der Waals surface area contributed by atoms with Crippen molar-refractivity contribution < 1.29 is 9.47 Å². The van der Waals surface area contributed by atoms with E-state index in [9.17, 15) is 0 Å². The Bertz CT molecular complexity index is 477. The normalized spacial score (nSPS) is 13.6. The van der Waals surface area contributed by atoms with Crippen LogP contribution in [0.15, 0.2) is 48.5 Å². The minimum Gasteiger partial charge on any atom is -0.497 e. The number of hydrogen-bond acceptors (Lipinski definition) is 2. The first-order valence-electron chi connectivity index (χ1n) is 6.93. The fraction of sp³-hybridized carbons (Fsp3) is 0.333. The van der Waals surface area contributed by atoms with Crippen molar-refractivity contribution in [1.82, 2.24) is 0 Å². The summed E-state index contributed by atoms with van der Waals surface area (Å²) < 4.78 is 10.4. The zero-order chi connectivity index (χ0) is 14.5. The molecule has 2 aromatic carbocycles. The predicted octanol–water partition coefficient (Wildman–Crippen LogP) is 4.61. The minimum absolute atomic E-state index is 0.453. The molecule has 2 aromatic rings. The van der Waals surface area contributed by atoms with Crippen molar-refractivity contribution >= 4 is 0 Å². The molecule has 0 spiro atoms. The molecule has 0 heterocycles. The molecule has 0 radical (unpaired) electrons. The zero-order valence-electron chi connectivity index (χ0n) is 12.6. The second-order valence-corrected chi connectivity index (χ2v) is 5.12. The molecule has 0 aromatic heterocycles. The number of benzene rings is 2. The molecule has 0 aliphatic rings. The van der Waals surface area contributed by atoms with Crippen LogP contribution in [0, 0.1) is 0 Å². The van der Waals surface area contributed by atoms with E-state index in [1.165, 1.54) is 11.1 Å². The number of hydrogen-bond donors (Lipinski definition) is 0. The summed E-state index contributed by atoms with van der Waals surface area (Å²) >= 11 is 0. The third-order valence-electron chi connectivity index (χ3n) is 4.03. The molecular weight excluding hydrogens is 248 g/mol. The summed E-state index contributed by atoms with van der Waals surface area (Å²) in [6.45, 7) is 4.52. The highest BCUT2D eigenvalue weighted by molar-refractivity contribution is 5.34. The van der Waals surface area contributed by atoms with Gasteiger partial charge in [0.25, 0.3) is 0 Å². The van der Waals surface area contributed by atoms with Gasteiger partial charge in [0.2, 0.25) is 0 Å². The maximum absolute atomic E-state index is 5.21. The van der Waals surface area contributed by atoms with Crippen LogP contribution in [0.4, 0.5) is 0 Å². The minimum atomic E-state index is 0.453. The van der Waals surface area contributed by atoms with Gasteiger partial charge < -0.3 is 9.47 Å². The third-order valence-corrected chi connectivity index (χ3v) is 4.03. The maximum atomic E-state index is 5.21. The lowest BCUT2D eigenvalue weighted by molar-refractivity contribution is 0.414. The highest BCUT2D eigenvalue weighted by atomic mass is 16.5. The molecule has 106 valence electrons. The Hall–Kier alpha value is -1.96. The van der Waals surface area contributed by atoms with E-state index >= 15 is 0 Å². The lowest BCUT2D eigenvalue weighted by Gasteiger charge is -2.21. The third kappa shape index (κ3) is 3.13. The van der Waals surface area contributed by atoms with Gasteiger partial charge in [-0.2, -0.15) is 0 Å². The lowest BCUT2D eigenvalue weighted by atomic mass is 9.84. The molecule has 0 aliphatic heterocycles. The van der Waals surface area contributed by atoms with Crippen LogP contribution < -0.4 is 9.47 Å². The molecule has 2 nitrogen and oxygen atoms in total. The van der Waals surface area contributed by atoms with Gasteiger partial charge in [-0.25, -0.2) is 0 Å². The average Bonchev–Trinajstić information content (AvgIpc) is 2.53. The highest BCUT2D eigenvalue weighted by Crippen LogP contribution is 2.33. The van der Waals surface area contributed by atoms with Crippen LogP contribution in [0.5, 0.6) is 11.5 Å². The van der Waals surface area contributed by atoms with Gasteiger partial charge in [0.1, 0.15) is 11.5 Å². The van der Waals surface area contributed by atoms with Crippen LogP contribution in [0.3, 0.4) is 0 Å². The molecule has 0 N–H and O–H groups in total. The second-order valence-electron chi connectivity index (χ2n) is 5.12. The van der Waals surface area contributed by atoms with Crippen molar-refractivity contribution in [3.05, 3.63) is 59.7 Å². The molecule has 0 unspecified atom stereocenters. The summed E-state index contributed by atoms with van der Waals surface area (Å²) in [5.41, 5.74) is 2.66.